The normalized spacial score (nSPS) is 12.4. The summed E-state index contributed by atoms with van der Waals surface area (Å²) in [5.74, 6) is 1.61. The van der Waals surface area contributed by atoms with Crippen LogP contribution in [0.1, 0.15) is 43.5 Å². The molecule has 0 spiro atoms. The van der Waals surface area contributed by atoms with E-state index in [2.05, 4.69) is 35.4 Å². The van der Waals surface area contributed by atoms with E-state index in [0.29, 0.717) is 36.9 Å². The molecule has 0 saturated heterocycles. The number of hydrogen-bond acceptors (Lipinski definition) is 6. The number of carbonyl (C=O) groups excluding carboxylic acids is 1. The monoisotopic (exact) mass is 375 g/mol. The van der Waals surface area contributed by atoms with E-state index < -0.39 is 0 Å². The molecule has 0 aromatic carbocycles. The highest BCUT2D eigenvalue weighted by atomic mass is 32.1. The molecule has 3 aromatic heterocycles. The molecule has 0 radical (unpaired) electrons. The molecule has 1 N–H and O–H groups in total. The Hall–Kier alpha value is -1.99. The first-order chi connectivity index (χ1) is 12.1. The summed E-state index contributed by atoms with van der Waals surface area (Å²) < 4.78 is 5.26. The quantitative estimate of drug-likeness (QED) is 0.620. The number of aromatic nitrogens is 2. The number of carbonyl (C=O) groups is 1. The van der Waals surface area contributed by atoms with Crippen LogP contribution >= 0.6 is 22.7 Å². The maximum Gasteiger partial charge on any atom is 0.226 e. The number of nitrogens with zero attached hydrogens (tertiary/aromatic N) is 2. The van der Waals surface area contributed by atoms with E-state index in [1.54, 1.807) is 22.7 Å². The Morgan fingerprint density at radius 3 is 2.72 bits per heavy atom. The molecule has 0 aliphatic rings. The second-order valence-electron chi connectivity index (χ2n) is 6.15. The molecule has 25 heavy (non-hydrogen) atoms. The Morgan fingerprint density at radius 1 is 1.24 bits per heavy atom. The zero-order valence-corrected chi connectivity index (χ0v) is 15.9. The van der Waals surface area contributed by atoms with Gasteiger partial charge in [-0.05, 0) is 35.2 Å². The van der Waals surface area contributed by atoms with Crippen molar-refractivity contribution in [1.29, 1.82) is 0 Å². The van der Waals surface area contributed by atoms with Crippen LogP contribution in [-0.2, 0) is 11.2 Å². The van der Waals surface area contributed by atoms with E-state index in [4.69, 9.17) is 4.52 Å². The van der Waals surface area contributed by atoms with Crippen LogP contribution in [-0.4, -0.2) is 16.0 Å². The Morgan fingerprint density at radius 2 is 2.04 bits per heavy atom. The van der Waals surface area contributed by atoms with Crippen molar-refractivity contribution in [3.05, 3.63) is 45.8 Å². The first kappa shape index (κ1) is 17.8. The number of amides is 1. The molecule has 0 unspecified atom stereocenters. The molecular formula is C18H21N3O2S2. The van der Waals surface area contributed by atoms with Gasteiger partial charge in [0, 0.05) is 17.7 Å². The van der Waals surface area contributed by atoms with Crippen molar-refractivity contribution in [3.63, 3.8) is 0 Å². The maximum atomic E-state index is 12.3. The minimum absolute atomic E-state index is 0.0603. The molecule has 0 fully saturated rings. The van der Waals surface area contributed by atoms with Crippen LogP contribution in [0.3, 0.4) is 0 Å². The molecule has 132 valence electrons. The lowest BCUT2D eigenvalue weighted by Gasteiger charge is -2.21. The summed E-state index contributed by atoms with van der Waals surface area (Å²) in [6.07, 6.45) is 1.75. The molecule has 3 heterocycles. The van der Waals surface area contributed by atoms with Gasteiger partial charge in [-0.3, -0.25) is 4.79 Å². The van der Waals surface area contributed by atoms with Gasteiger partial charge in [0.2, 0.25) is 17.6 Å². The summed E-state index contributed by atoms with van der Waals surface area (Å²) in [5.41, 5.74) is 0. The van der Waals surface area contributed by atoms with E-state index in [9.17, 15) is 4.79 Å². The molecule has 1 amide bonds. The Bertz CT molecular complexity index is 779. The molecule has 3 aromatic rings. The fourth-order valence-electron chi connectivity index (χ4n) is 2.54. The fourth-order valence-corrected chi connectivity index (χ4v) is 4.14. The van der Waals surface area contributed by atoms with E-state index >= 15 is 0 Å². The number of hydrogen-bond donors (Lipinski definition) is 1. The maximum absolute atomic E-state index is 12.3. The van der Waals surface area contributed by atoms with Crippen molar-refractivity contribution in [3.8, 4) is 10.7 Å². The highest BCUT2D eigenvalue weighted by molar-refractivity contribution is 7.13. The number of rotatable bonds is 8. The van der Waals surface area contributed by atoms with Gasteiger partial charge in [-0.15, -0.1) is 22.7 Å². The lowest BCUT2D eigenvalue weighted by molar-refractivity contribution is -0.122. The first-order valence-corrected chi connectivity index (χ1v) is 10.1. The predicted octanol–water partition coefficient (Wildman–Crippen LogP) is 4.70. The topological polar surface area (TPSA) is 68.0 Å². The van der Waals surface area contributed by atoms with Crippen molar-refractivity contribution in [2.24, 2.45) is 5.92 Å². The summed E-state index contributed by atoms with van der Waals surface area (Å²) in [7, 11) is 0. The van der Waals surface area contributed by atoms with Gasteiger partial charge in [0.15, 0.2) is 0 Å². The first-order valence-electron chi connectivity index (χ1n) is 8.32. The van der Waals surface area contributed by atoms with Crippen LogP contribution in [0.5, 0.6) is 0 Å². The smallest absolute Gasteiger partial charge is 0.226 e. The van der Waals surface area contributed by atoms with E-state index in [1.165, 1.54) is 4.88 Å². The third-order valence-corrected chi connectivity index (χ3v) is 5.66. The largest absolute Gasteiger partial charge is 0.348 e. The number of thiophene rings is 2. The van der Waals surface area contributed by atoms with Gasteiger partial charge < -0.3 is 9.84 Å². The van der Waals surface area contributed by atoms with E-state index in [0.717, 1.165) is 4.88 Å². The molecule has 1 atom stereocenters. The summed E-state index contributed by atoms with van der Waals surface area (Å²) in [6, 6.07) is 8.08. The second kappa shape index (κ2) is 8.40. The minimum Gasteiger partial charge on any atom is -0.348 e. The van der Waals surface area contributed by atoms with Crippen LogP contribution in [0.4, 0.5) is 0 Å². The van der Waals surface area contributed by atoms with Gasteiger partial charge in [0.05, 0.1) is 10.9 Å². The predicted molar refractivity (Wildman–Crippen MR) is 101 cm³/mol. The molecule has 7 heteroatoms. The van der Waals surface area contributed by atoms with Crippen molar-refractivity contribution in [1.82, 2.24) is 15.5 Å². The van der Waals surface area contributed by atoms with E-state index in [-0.39, 0.29) is 11.9 Å². The van der Waals surface area contributed by atoms with Crippen LogP contribution in [0.2, 0.25) is 0 Å². The highest BCUT2D eigenvalue weighted by Crippen LogP contribution is 2.26. The van der Waals surface area contributed by atoms with Gasteiger partial charge in [-0.25, -0.2) is 0 Å². The molecule has 0 bridgehead atoms. The zero-order chi connectivity index (χ0) is 17.6. The Balaban J connectivity index is 1.48. The molecule has 3 rings (SSSR count). The van der Waals surface area contributed by atoms with Crippen LogP contribution in [0.25, 0.3) is 10.7 Å². The average molecular weight is 376 g/mol. The highest BCUT2D eigenvalue weighted by Gasteiger charge is 2.19. The summed E-state index contributed by atoms with van der Waals surface area (Å²) in [5, 5.41) is 11.1. The van der Waals surface area contributed by atoms with Crippen molar-refractivity contribution in [2.75, 3.05) is 0 Å². The average Bonchev–Trinajstić information content (AvgIpc) is 3.32. The Kier molecular flexibility index (Phi) is 5.99. The third kappa shape index (κ3) is 4.76. The SMILES string of the molecule is CC(C)[C@H](NC(=O)CCCc1nc(-c2cccs2)no1)c1cccs1. The number of aryl methyl sites for hydroxylation is 1. The summed E-state index contributed by atoms with van der Waals surface area (Å²) in [4.78, 5) is 18.8. The minimum atomic E-state index is 0.0603. The summed E-state index contributed by atoms with van der Waals surface area (Å²) in [6.45, 7) is 4.24. The van der Waals surface area contributed by atoms with Gasteiger partial charge in [0.25, 0.3) is 0 Å². The van der Waals surface area contributed by atoms with Crippen molar-refractivity contribution < 1.29 is 9.32 Å². The van der Waals surface area contributed by atoms with Crippen LogP contribution in [0.15, 0.2) is 39.5 Å². The lowest BCUT2D eigenvalue weighted by atomic mass is 10.0. The van der Waals surface area contributed by atoms with Crippen LogP contribution in [0, 0.1) is 5.92 Å². The third-order valence-electron chi connectivity index (χ3n) is 3.84. The number of nitrogens with one attached hydrogen (secondary N) is 1. The zero-order valence-electron chi connectivity index (χ0n) is 14.3. The van der Waals surface area contributed by atoms with Gasteiger partial charge in [0.1, 0.15) is 0 Å². The molecule has 5 nitrogen and oxygen atoms in total. The molecule has 0 saturated carbocycles. The molecular weight excluding hydrogens is 354 g/mol. The van der Waals surface area contributed by atoms with Gasteiger partial charge >= 0.3 is 0 Å². The van der Waals surface area contributed by atoms with E-state index in [1.807, 2.05) is 29.0 Å². The lowest BCUT2D eigenvalue weighted by Crippen LogP contribution is -2.31. The van der Waals surface area contributed by atoms with Crippen molar-refractivity contribution >= 4 is 28.6 Å². The van der Waals surface area contributed by atoms with Gasteiger partial charge in [-0.1, -0.05) is 31.1 Å². The molecule has 0 aliphatic heterocycles. The van der Waals surface area contributed by atoms with Gasteiger partial charge in [-0.2, -0.15) is 4.98 Å². The van der Waals surface area contributed by atoms with Crippen molar-refractivity contribution in [2.45, 2.75) is 39.2 Å². The fraction of sp³-hybridized carbons (Fsp3) is 0.389. The molecule has 0 aliphatic carbocycles. The summed E-state index contributed by atoms with van der Waals surface area (Å²) >= 11 is 3.25. The standard InChI is InChI=1S/C18H21N3O2S2/c1-12(2)17(13-6-4-10-24-13)19-15(22)8-3-9-16-20-18(21-23-16)14-7-5-11-25-14/h4-7,10-12,17H,3,8-9H2,1-2H3,(H,19,22)/t17-/m0/s1. The van der Waals surface area contributed by atoms with Crippen LogP contribution < -0.4 is 5.32 Å². The Labute approximate surface area is 155 Å². The second-order valence-corrected chi connectivity index (χ2v) is 8.07.